The van der Waals surface area contributed by atoms with Crippen LogP contribution in [0.1, 0.15) is 132 Å². The number of esters is 1. The number of rotatable bonds is 21. The standard InChI is InChI=1S/C55H89F3N6O14S/c1-16-42-55(11,68)48(66)34(7)44(61-74-29-71-13)30(3)25-53(9,17-2)49(32(5)43(33(6)50(67)77-42)41-26-54(10,73-15)47(60-69)35(8)76-41)78-51-45(65)39(24-31(4)75-51)63(12)23-22-37-28-64(62-59-37)40(27-56)46(72-14)36-18-20-38(21-19-36)79(70)52(57)58/h18-21,28,30-35,39-43,45-49,51-52,65-66,68H,16-17,22-27,29H2,1-15H3/b61-44+/t30-,31-,32+,33-,34+,35+,39+,40-,41-,42-,43?,45-,46-,47+,48-,49-,51+,53-,54-,55-,79?/m1/s1. The molecule has 4 heterocycles. The van der Waals surface area contributed by atoms with Gasteiger partial charge in [-0.25, -0.2) is 13.3 Å². The number of oxime groups is 1. The minimum Gasteiger partial charge on any atom is -0.459 e. The van der Waals surface area contributed by atoms with Crippen LogP contribution < -0.4 is 0 Å². The largest absolute Gasteiger partial charge is 0.459 e. The van der Waals surface area contributed by atoms with Crippen molar-refractivity contribution in [1.29, 1.82) is 0 Å². The molecule has 79 heavy (non-hydrogen) atoms. The van der Waals surface area contributed by atoms with Gasteiger partial charge in [-0.3, -0.25) is 4.79 Å². The molecule has 21 atom stereocenters. The number of likely N-dealkylation sites (N-methyl/N-ethyl adjacent to an activating group) is 1. The van der Waals surface area contributed by atoms with Crippen LogP contribution in [0.25, 0.3) is 0 Å². The van der Waals surface area contributed by atoms with Crippen LogP contribution in [0.4, 0.5) is 13.2 Å². The molecule has 20 nitrogen and oxygen atoms in total. The summed E-state index contributed by atoms with van der Waals surface area (Å²) in [5, 5.41) is 53.3. The maximum Gasteiger partial charge on any atom is 0.316 e. The van der Waals surface area contributed by atoms with Crippen molar-refractivity contribution >= 4 is 22.5 Å². The Morgan fingerprint density at radius 3 is 2.24 bits per heavy atom. The summed E-state index contributed by atoms with van der Waals surface area (Å²) in [6, 6.07) is 3.17. The number of aliphatic hydroxyl groups excluding tert-OH is 2. The Hall–Kier alpha value is -3.56. The third-order valence-corrected chi connectivity index (χ3v) is 18.5. The molecule has 3 N–H and O–H groups in total. The highest BCUT2D eigenvalue weighted by Gasteiger charge is 2.56. The fraction of sp³-hybridized carbons (Fsp3) is 0.818. The summed E-state index contributed by atoms with van der Waals surface area (Å²) in [5.41, 5.74) is -2.46. The summed E-state index contributed by atoms with van der Waals surface area (Å²) in [7, 11) is 3.72. The van der Waals surface area contributed by atoms with Crippen LogP contribution in [0.3, 0.4) is 0 Å². The molecular formula is C55H89F3N6O14S. The van der Waals surface area contributed by atoms with Crippen LogP contribution in [-0.2, 0) is 60.0 Å². The van der Waals surface area contributed by atoms with Crippen LogP contribution in [-0.4, -0.2) is 178 Å². The summed E-state index contributed by atoms with van der Waals surface area (Å²) in [5.74, 6) is -7.21. The second-order valence-corrected chi connectivity index (χ2v) is 24.3. The smallest absolute Gasteiger partial charge is 0.316 e. The van der Waals surface area contributed by atoms with E-state index in [9.17, 15) is 42.4 Å². The zero-order valence-corrected chi connectivity index (χ0v) is 49.5. The Morgan fingerprint density at radius 2 is 1.67 bits per heavy atom. The number of nitroso groups, excluding NO2 is 1. The fourth-order valence-electron chi connectivity index (χ4n) is 12.7. The van der Waals surface area contributed by atoms with Gasteiger partial charge in [-0.2, -0.15) is 13.7 Å². The molecule has 0 saturated carbocycles. The number of alkyl halides is 3. The Bertz CT molecular complexity index is 2310. The first-order valence-electron chi connectivity index (χ1n) is 27.5. The number of nitrogens with zero attached hydrogens (tertiary/aromatic N) is 6. The fourth-order valence-corrected chi connectivity index (χ4v) is 13.3. The number of aromatic nitrogens is 3. The number of carbonyl (C=O) groups excluding carboxylic acids is 1. The maximum atomic E-state index is 14.9. The van der Waals surface area contributed by atoms with Gasteiger partial charge in [-0.15, -0.1) is 5.10 Å². The summed E-state index contributed by atoms with van der Waals surface area (Å²) < 4.78 is 98.2. The highest BCUT2D eigenvalue weighted by atomic mass is 32.2. The molecule has 1 aromatic heterocycles. The predicted octanol–water partition coefficient (Wildman–Crippen LogP) is 7.34. The summed E-state index contributed by atoms with van der Waals surface area (Å²) in [6.07, 6.45) is -5.11. The molecule has 0 bridgehead atoms. The predicted molar refractivity (Wildman–Crippen MR) is 288 cm³/mol. The van der Waals surface area contributed by atoms with Crippen molar-refractivity contribution in [2.45, 2.75) is 210 Å². The minimum absolute atomic E-state index is 0.0703. The zero-order chi connectivity index (χ0) is 58.9. The van der Waals surface area contributed by atoms with E-state index in [4.69, 9.17) is 38.0 Å². The van der Waals surface area contributed by atoms with Gasteiger partial charge >= 0.3 is 11.7 Å². The van der Waals surface area contributed by atoms with E-state index < -0.39 is 149 Å². The van der Waals surface area contributed by atoms with E-state index in [-0.39, 0.29) is 24.5 Å². The van der Waals surface area contributed by atoms with Gasteiger partial charge in [-0.05, 0) is 95.4 Å². The average molecular weight is 1150 g/mol. The summed E-state index contributed by atoms with van der Waals surface area (Å²) in [6.45, 7) is 19.5. The Balaban J connectivity index is 1.52. The molecule has 24 heteroatoms. The molecule has 3 fully saturated rings. The molecule has 2 aromatic rings. The van der Waals surface area contributed by atoms with E-state index in [1.54, 1.807) is 40.8 Å². The van der Waals surface area contributed by atoms with Gasteiger partial charge in [0.1, 0.15) is 53.5 Å². The second-order valence-electron chi connectivity index (χ2n) is 22.9. The first kappa shape index (κ1) is 66.2. The second kappa shape index (κ2) is 28.6. The van der Waals surface area contributed by atoms with E-state index in [0.29, 0.717) is 49.2 Å². The Labute approximate surface area is 466 Å². The van der Waals surface area contributed by atoms with E-state index in [1.807, 2.05) is 39.6 Å². The van der Waals surface area contributed by atoms with Gasteiger partial charge in [-0.1, -0.05) is 76.1 Å². The Morgan fingerprint density at radius 1 is 1.00 bits per heavy atom. The highest BCUT2D eigenvalue weighted by molar-refractivity contribution is 7.85. The lowest BCUT2D eigenvalue weighted by atomic mass is 9.63. The molecule has 5 rings (SSSR count). The van der Waals surface area contributed by atoms with Crippen LogP contribution in [0.5, 0.6) is 0 Å². The molecule has 0 aliphatic carbocycles. The minimum atomic E-state index is -3.05. The first-order chi connectivity index (χ1) is 37.2. The van der Waals surface area contributed by atoms with Crippen LogP contribution in [0.15, 0.2) is 45.7 Å². The van der Waals surface area contributed by atoms with Crippen molar-refractivity contribution in [1.82, 2.24) is 19.9 Å². The number of benzene rings is 1. The normalized spacial score (nSPS) is 38.0. The first-order valence-corrected chi connectivity index (χ1v) is 28.7. The van der Waals surface area contributed by atoms with Gasteiger partial charge in [0, 0.05) is 69.7 Å². The van der Waals surface area contributed by atoms with E-state index >= 15 is 0 Å². The number of methoxy groups -OCH3 is 3. The molecule has 3 aliphatic rings. The third kappa shape index (κ3) is 15.0. The molecule has 0 radical (unpaired) electrons. The van der Waals surface area contributed by atoms with Crippen LogP contribution >= 0.6 is 0 Å². The van der Waals surface area contributed by atoms with Gasteiger partial charge in [0.2, 0.25) is 6.79 Å². The van der Waals surface area contributed by atoms with Crippen molar-refractivity contribution in [2.75, 3.05) is 48.4 Å². The molecule has 1 aromatic carbocycles. The maximum absolute atomic E-state index is 14.9. The lowest BCUT2D eigenvalue weighted by Crippen LogP contribution is -2.61. The molecule has 0 spiro atoms. The molecule has 2 unspecified atom stereocenters. The van der Waals surface area contributed by atoms with E-state index in [2.05, 4.69) is 27.6 Å². The van der Waals surface area contributed by atoms with Crippen molar-refractivity contribution in [3.8, 4) is 0 Å². The van der Waals surface area contributed by atoms with E-state index in [0.717, 1.165) is 0 Å². The highest BCUT2D eigenvalue weighted by Crippen LogP contribution is 2.49. The molecular weight excluding hydrogens is 1060 g/mol. The third-order valence-electron chi connectivity index (χ3n) is 17.5. The number of carbonyl (C=O) groups is 1. The quantitative estimate of drug-likeness (QED) is 0.0364. The van der Waals surface area contributed by atoms with Crippen molar-refractivity contribution in [3.05, 3.63) is 46.6 Å². The number of ether oxygens (including phenoxy) is 7. The van der Waals surface area contributed by atoms with Crippen molar-refractivity contribution < 1.29 is 75.5 Å². The average Bonchev–Trinajstić information content (AvgIpc) is 3.93. The SMILES string of the molecule is CC[C@H]1OC(=O)[C@H](C)C([C@H]2C[C@@](C)(OC)[C@@H](N=O)[C@H](C)O2)[C@H](C)[C@@H](O[C@@H]2O[C@H](C)C[C@H](N(C)CCc3cn([C@H](CF)[C@H](OC)c4ccc(S(=O)C(F)F)cc4)nn3)[C@H]2O)[C@](C)(CC)C[C@@H](C)/C(=N\OCOC)[C@H](C)[C@@H](O)[C@]1(C)O. The molecule has 0 amide bonds. The van der Waals surface area contributed by atoms with Crippen molar-refractivity contribution in [2.24, 2.45) is 45.3 Å². The number of cyclic esters (lactones) is 1. The monoisotopic (exact) mass is 1150 g/mol. The number of aliphatic hydroxyl groups is 3. The lowest BCUT2D eigenvalue weighted by molar-refractivity contribution is -0.294. The van der Waals surface area contributed by atoms with Gasteiger partial charge in [0.05, 0.1) is 53.4 Å². The lowest BCUT2D eigenvalue weighted by Gasteiger charge is -2.52. The van der Waals surface area contributed by atoms with Crippen molar-refractivity contribution in [3.63, 3.8) is 0 Å². The van der Waals surface area contributed by atoms with Gasteiger partial charge in [0.25, 0.3) is 0 Å². The van der Waals surface area contributed by atoms with Crippen LogP contribution in [0.2, 0.25) is 0 Å². The number of hydrogen-bond acceptors (Lipinski definition) is 19. The van der Waals surface area contributed by atoms with Crippen LogP contribution in [0, 0.1) is 39.9 Å². The molecule has 3 saturated heterocycles. The number of halogens is 3. The van der Waals surface area contributed by atoms with Gasteiger partial charge < -0.3 is 58.2 Å². The Kier molecular flexibility index (Phi) is 24.0. The molecule has 3 aliphatic heterocycles. The summed E-state index contributed by atoms with van der Waals surface area (Å²) in [4.78, 5) is 34.8. The zero-order valence-electron chi connectivity index (χ0n) is 48.7. The van der Waals surface area contributed by atoms with E-state index in [1.165, 1.54) is 57.2 Å². The van der Waals surface area contributed by atoms with Gasteiger partial charge in [0.15, 0.2) is 6.29 Å². The topological polar surface area (TPSA) is 244 Å². The molecule has 450 valence electrons. The number of hydrogen-bond donors (Lipinski definition) is 3. The summed E-state index contributed by atoms with van der Waals surface area (Å²) >= 11 is 0.